The lowest BCUT2D eigenvalue weighted by atomic mass is 10.1. The predicted molar refractivity (Wildman–Crippen MR) is 74.6 cm³/mol. The van der Waals surface area contributed by atoms with Crippen molar-refractivity contribution in [2.45, 2.75) is 12.6 Å². The molecule has 0 N–H and O–H groups in total. The van der Waals surface area contributed by atoms with Gasteiger partial charge >= 0.3 is 0 Å². The van der Waals surface area contributed by atoms with E-state index in [1.165, 1.54) is 5.56 Å². The Morgan fingerprint density at radius 3 is 2.74 bits per heavy atom. The second-order valence-corrected chi connectivity index (χ2v) is 4.83. The maximum absolute atomic E-state index is 5.83. The van der Waals surface area contributed by atoms with E-state index in [0.29, 0.717) is 0 Å². The molecule has 0 unspecified atom stereocenters. The van der Waals surface area contributed by atoms with E-state index in [-0.39, 0.29) is 6.10 Å². The van der Waals surface area contributed by atoms with E-state index in [0.717, 1.165) is 31.9 Å². The summed E-state index contributed by atoms with van der Waals surface area (Å²) in [4.78, 5) is 6.82. The summed E-state index contributed by atoms with van der Waals surface area (Å²) in [7, 11) is 0. The molecule has 1 aromatic carbocycles. The molecule has 0 spiro atoms. The Morgan fingerprint density at radius 1 is 1.11 bits per heavy atom. The first-order chi connectivity index (χ1) is 9.42. The summed E-state index contributed by atoms with van der Waals surface area (Å²) in [5.41, 5.74) is 2.38. The van der Waals surface area contributed by atoms with Crippen molar-refractivity contribution in [1.82, 2.24) is 9.88 Å². The highest BCUT2D eigenvalue weighted by Gasteiger charge is 2.22. The zero-order valence-electron chi connectivity index (χ0n) is 10.9. The van der Waals surface area contributed by atoms with Crippen LogP contribution in [0.15, 0.2) is 54.7 Å². The van der Waals surface area contributed by atoms with Gasteiger partial charge in [-0.25, -0.2) is 0 Å². The maximum atomic E-state index is 5.83. The van der Waals surface area contributed by atoms with Gasteiger partial charge in [0.25, 0.3) is 0 Å². The lowest BCUT2D eigenvalue weighted by Gasteiger charge is -2.32. The van der Waals surface area contributed by atoms with Crippen molar-refractivity contribution < 1.29 is 4.74 Å². The average Bonchev–Trinajstić information content (AvgIpc) is 2.49. The molecular formula is C16H18N2O. The van der Waals surface area contributed by atoms with E-state index in [1.54, 1.807) is 0 Å². The van der Waals surface area contributed by atoms with Crippen molar-refractivity contribution >= 4 is 0 Å². The fourth-order valence-corrected chi connectivity index (χ4v) is 2.43. The predicted octanol–water partition coefficient (Wildman–Crippen LogP) is 2.66. The van der Waals surface area contributed by atoms with Gasteiger partial charge < -0.3 is 4.74 Å². The number of pyridine rings is 1. The third-order valence-electron chi connectivity index (χ3n) is 3.42. The number of nitrogens with zero attached hydrogens (tertiary/aromatic N) is 2. The first kappa shape index (κ1) is 12.3. The molecule has 1 aliphatic heterocycles. The largest absolute Gasteiger partial charge is 0.369 e. The lowest BCUT2D eigenvalue weighted by Crippen LogP contribution is -2.38. The van der Waals surface area contributed by atoms with Crippen molar-refractivity contribution in [3.8, 4) is 0 Å². The lowest BCUT2D eigenvalue weighted by molar-refractivity contribution is -0.0349. The number of hydrogen-bond acceptors (Lipinski definition) is 3. The van der Waals surface area contributed by atoms with Crippen LogP contribution in [-0.4, -0.2) is 29.6 Å². The molecule has 1 aromatic heterocycles. The molecule has 1 aliphatic rings. The molecule has 2 heterocycles. The van der Waals surface area contributed by atoms with Crippen LogP contribution in [0.3, 0.4) is 0 Å². The Labute approximate surface area is 113 Å². The highest BCUT2D eigenvalue weighted by molar-refractivity contribution is 5.15. The Bertz CT molecular complexity index is 501. The zero-order chi connectivity index (χ0) is 12.9. The van der Waals surface area contributed by atoms with E-state index < -0.39 is 0 Å². The van der Waals surface area contributed by atoms with Crippen LogP contribution >= 0.6 is 0 Å². The molecule has 0 radical (unpaired) electrons. The Morgan fingerprint density at radius 2 is 1.95 bits per heavy atom. The van der Waals surface area contributed by atoms with Gasteiger partial charge in [0.1, 0.15) is 6.10 Å². The summed E-state index contributed by atoms with van der Waals surface area (Å²) in [5.74, 6) is 0. The minimum atomic E-state index is 0.0960. The molecule has 0 saturated carbocycles. The van der Waals surface area contributed by atoms with E-state index >= 15 is 0 Å². The van der Waals surface area contributed by atoms with Crippen LogP contribution in [0.5, 0.6) is 0 Å². The van der Waals surface area contributed by atoms with Crippen LogP contribution in [0.25, 0.3) is 0 Å². The van der Waals surface area contributed by atoms with Gasteiger partial charge in [-0.2, -0.15) is 0 Å². The first-order valence-electron chi connectivity index (χ1n) is 6.70. The third-order valence-corrected chi connectivity index (χ3v) is 3.42. The Balaban J connectivity index is 1.65. The summed E-state index contributed by atoms with van der Waals surface area (Å²) in [6.07, 6.45) is 1.92. The van der Waals surface area contributed by atoms with Crippen LogP contribution < -0.4 is 0 Å². The minimum Gasteiger partial charge on any atom is -0.369 e. The van der Waals surface area contributed by atoms with Crippen molar-refractivity contribution in [1.29, 1.82) is 0 Å². The number of rotatable bonds is 3. The second-order valence-electron chi connectivity index (χ2n) is 4.83. The van der Waals surface area contributed by atoms with E-state index in [9.17, 15) is 0 Å². The van der Waals surface area contributed by atoms with E-state index in [4.69, 9.17) is 4.74 Å². The standard InChI is InChI=1S/C16H18N2O/c1-2-6-14(7-3-1)12-18-10-11-19-16(13-18)15-8-4-5-9-17-15/h1-9,16H,10-13H2/t16-/m0/s1. The van der Waals surface area contributed by atoms with Crippen LogP contribution in [0.2, 0.25) is 0 Å². The minimum absolute atomic E-state index is 0.0960. The molecule has 1 atom stereocenters. The maximum Gasteiger partial charge on any atom is 0.112 e. The van der Waals surface area contributed by atoms with Crippen molar-refractivity contribution in [2.24, 2.45) is 0 Å². The van der Waals surface area contributed by atoms with Gasteiger partial charge in [0.15, 0.2) is 0 Å². The number of ether oxygens (including phenoxy) is 1. The van der Waals surface area contributed by atoms with Crippen LogP contribution in [-0.2, 0) is 11.3 Å². The van der Waals surface area contributed by atoms with Crippen molar-refractivity contribution in [2.75, 3.05) is 19.7 Å². The van der Waals surface area contributed by atoms with Gasteiger partial charge in [0.05, 0.1) is 12.3 Å². The van der Waals surface area contributed by atoms with E-state index in [2.05, 4.69) is 40.2 Å². The van der Waals surface area contributed by atoms with Gasteiger partial charge in [-0.15, -0.1) is 0 Å². The van der Waals surface area contributed by atoms with Gasteiger partial charge in [-0.1, -0.05) is 36.4 Å². The molecule has 98 valence electrons. The van der Waals surface area contributed by atoms with Crippen LogP contribution in [0.1, 0.15) is 17.4 Å². The molecule has 0 bridgehead atoms. The van der Waals surface area contributed by atoms with Crippen molar-refractivity contribution in [3.63, 3.8) is 0 Å². The molecule has 1 fully saturated rings. The zero-order valence-corrected chi connectivity index (χ0v) is 10.9. The van der Waals surface area contributed by atoms with Crippen LogP contribution in [0, 0.1) is 0 Å². The molecule has 3 rings (SSSR count). The Hall–Kier alpha value is -1.71. The van der Waals surface area contributed by atoms with E-state index in [1.807, 2.05) is 24.4 Å². The summed E-state index contributed by atoms with van der Waals surface area (Å²) in [6.45, 7) is 3.64. The van der Waals surface area contributed by atoms with Gasteiger partial charge in [-0.05, 0) is 17.7 Å². The number of benzene rings is 1. The molecule has 19 heavy (non-hydrogen) atoms. The number of morpholine rings is 1. The normalized spacial score (nSPS) is 20.3. The summed E-state index contributed by atoms with van der Waals surface area (Å²) >= 11 is 0. The molecular weight excluding hydrogens is 236 g/mol. The summed E-state index contributed by atoms with van der Waals surface area (Å²) in [5, 5.41) is 0. The fourth-order valence-electron chi connectivity index (χ4n) is 2.43. The highest BCUT2D eigenvalue weighted by atomic mass is 16.5. The molecule has 3 heteroatoms. The molecule has 2 aromatic rings. The summed E-state index contributed by atoms with van der Waals surface area (Å²) in [6, 6.07) is 16.6. The average molecular weight is 254 g/mol. The molecule has 3 nitrogen and oxygen atoms in total. The quantitative estimate of drug-likeness (QED) is 0.842. The molecule has 0 amide bonds. The molecule has 1 saturated heterocycles. The van der Waals surface area contributed by atoms with Crippen LogP contribution in [0.4, 0.5) is 0 Å². The highest BCUT2D eigenvalue weighted by Crippen LogP contribution is 2.21. The second kappa shape index (κ2) is 5.95. The third kappa shape index (κ3) is 3.19. The van der Waals surface area contributed by atoms with Gasteiger partial charge in [-0.3, -0.25) is 9.88 Å². The fraction of sp³-hybridized carbons (Fsp3) is 0.312. The number of aromatic nitrogens is 1. The number of hydrogen-bond donors (Lipinski definition) is 0. The monoisotopic (exact) mass is 254 g/mol. The van der Waals surface area contributed by atoms with Gasteiger partial charge in [0, 0.05) is 25.8 Å². The topological polar surface area (TPSA) is 25.4 Å². The first-order valence-corrected chi connectivity index (χ1v) is 6.70. The molecule has 0 aliphatic carbocycles. The summed E-state index contributed by atoms with van der Waals surface area (Å²) < 4.78 is 5.83. The van der Waals surface area contributed by atoms with Crippen molar-refractivity contribution in [3.05, 3.63) is 66.0 Å². The smallest absolute Gasteiger partial charge is 0.112 e. The Kier molecular flexibility index (Phi) is 3.86. The SMILES string of the molecule is c1ccc(CN2CCO[C@H](c3ccccn3)C2)cc1. The van der Waals surface area contributed by atoms with Gasteiger partial charge in [0.2, 0.25) is 0 Å².